The van der Waals surface area contributed by atoms with Crippen molar-refractivity contribution in [3.63, 3.8) is 0 Å². The fraction of sp³-hybridized carbons (Fsp3) is 0.500. The standard InChI is InChI=1S/C16H19F3N2O5S/c1-4-26-13(22)11-12(9-6-5-8(24-2)7-10(9)25-3)20-14(27)21-15(11,23)16(17,18)19/h5-7,11-12,23H,4H2,1-3H3,(H2,20,21,27)/t11-,12-,15+/m1/s1. The molecule has 0 spiro atoms. The van der Waals surface area contributed by atoms with Crippen molar-refractivity contribution in [2.75, 3.05) is 20.8 Å². The van der Waals surface area contributed by atoms with Crippen LogP contribution in [0.1, 0.15) is 18.5 Å². The van der Waals surface area contributed by atoms with Crippen LogP contribution in [0.3, 0.4) is 0 Å². The van der Waals surface area contributed by atoms with Crippen LogP contribution in [-0.2, 0) is 9.53 Å². The minimum absolute atomic E-state index is 0.148. The Hall–Kier alpha value is -2.27. The highest BCUT2D eigenvalue weighted by atomic mass is 32.1. The van der Waals surface area contributed by atoms with Gasteiger partial charge in [-0.15, -0.1) is 0 Å². The van der Waals surface area contributed by atoms with Crippen molar-refractivity contribution in [1.29, 1.82) is 0 Å². The molecular formula is C16H19F3N2O5S. The summed E-state index contributed by atoms with van der Waals surface area (Å²) in [7, 11) is 2.73. The van der Waals surface area contributed by atoms with Crippen LogP contribution in [0.25, 0.3) is 0 Å². The van der Waals surface area contributed by atoms with E-state index in [0.717, 1.165) is 0 Å². The van der Waals surface area contributed by atoms with Crippen LogP contribution in [-0.4, -0.2) is 48.9 Å². The summed E-state index contributed by atoms with van der Waals surface area (Å²) in [5.74, 6) is -2.80. The first-order chi connectivity index (χ1) is 12.6. The second kappa shape index (κ2) is 7.77. The molecule has 1 aliphatic rings. The van der Waals surface area contributed by atoms with E-state index in [4.69, 9.17) is 26.4 Å². The van der Waals surface area contributed by atoms with E-state index < -0.39 is 34.9 Å². The van der Waals surface area contributed by atoms with Gasteiger partial charge < -0.3 is 30.0 Å². The molecule has 0 aliphatic carbocycles. The molecule has 0 radical (unpaired) electrons. The molecule has 3 N–H and O–H groups in total. The SMILES string of the molecule is CCOC(=O)[C@H]1[C@@H](c2ccc(OC)cc2OC)NC(=S)N[C@@]1(O)C(F)(F)F. The number of halogens is 3. The largest absolute Gasteiger partial charge is 0.497 e. The molecule has 11 heteroatoms. The molecule has 0 aromatic heterocycles. The van der Waals surface area contributed by atoms with E-state index in [2.05, 4.69) is 5.32 Å². The van der Waals surface area contributed by atoms with Crippen molar-refractivity contribution < 1.29 is 37.3 Å². The Morgan fingerprint density at radius 1 is 1.33 bits per heavy atom. The molecule has 1 aliphatic heterocycles. The average Bonchev–Trinajstić information content (AvgIpc) is 2.59. The number of ether oxygens (including phenoxy) is 3. The quantitative estimate of drug-likeness (QED) is 0.501. The number of hydrogen-bond acceptors (Lipinski definition) is 6. The number of methoxy groups -OCH3 is 2. The minimum atomic E-state index is -5.21. The lowest BCUT2D eigenvalue weighted by Gasteiger charge is -2.45. The summed E-state index contributed by atoms with van der Waals surface area (Å²) >= 11 is 4.83. The lowest BCUT2D eigenvalue weighted by Crippen LogP contribution is -2.73. The fourth-order valence-corrected chi connectivity index (χ4v) is 3.15. The Balaban J connectivity index is 2.64. The van der Waals surface area contributed by atoms with Crippen LogP contribution >= 0.6 is 12.2 Å². The predicted octanol–water partition coefficient (Wildman–Crippen LogP) is 1.65. The molecule has 150 valence electrons. The third-order valence-corrected chi connectivity index (χ3v) is 4.34. The molecule has 27 heavy (non-hydrogen) atoms. The number of hydrogen-bond donors (Lipinski definition) is 3. The normalized spacial score (nSPS) is 25.2. The molecule has 1 fully saturated rings. The summed E-state index contributed by atoms with van der Waals surface area (Å²) in [6.45, 7) is 1.28. The van der Waals surface area contributed by atoms with Gasteiger partial charge in [0.2, 0.25) is 0 Å². The third-order valence-electron chi connectivity index (χ3n) is 4.12. The van der Waals surface area contributed by atoms with Crippen LogP contribution in [0.5, 0.6) is 11.5 Å². The number of thiocarbonyl (C=S) groups is 1. The number of rotatable bonds is 5. The van der Waals surface area contributed by atoms with Crippen molar-refractivity contribution in [3.05, 3.63) is 23.8 Å². The highest BCUT2D eigenvalue weighted by Gasteiger charge is 2.66. The van der Waals surface area contributed by atoms with E-state index in [1.807, 2.05) is 0 Å². The number of carbonyl (C=O) groups is 1. The van der Waals surface area contributed by atoms with E-state index in [1.54, 1.807) is 5.32 Å². The summed E-state index contributed by atoms with van der Waals surface area (Å²) in [5.41, 5.74) is -3.46. The van der Waals surface area contributed by atoms with Crippen LogP contribution < -0.4 is 20.1 Å². The molecule has 0 bridgehead atoms. The Kier molecular flexibility index (Phi) is 6.05. The maximum Gasteiger partial charge on any atom is 0.437 e. The molecule has 1 aromatic carbocycles. The minimum Gasteiger partial charge on any atom is -0.497 e. The van der Waals surface area contributed by atoms with Gasteiger partial charge in [-0.05, 0) is 31.3 Å². The molecule has 1 aromatic rings. The molecular weight excluding hydrogens is 389 g/mol. The maximum absolute atomic E-state index is 13.7. The van der Waals surface area contributed by atoms with E-state index in [0.29, 0.717) is 5.75 Å². The highest BCUT2D eigenvalue weighted by molar-refractivity contribution is 7.80. The first-order valence-corrected chi connectivity index (χ1v) is 8.26. The van der Waals surface area contributed by atoms with Crippen LogP contribution in [0.15, 0.2) is 18.2 Å². The van der Waals surface area contributed by atoms with Crippen molar-refractivity contribution in [2.45, 2.75) is 24.9 Å². The second-order valence-corrected chi connectivity index (χ2v) is 6.09. The summed E-state index contributed by atoms with van der Waals surface area (Å²) in [5, 5.41) is 14.3. The number of esters is 1. The van der Waals surface area contributed by atoms with Gasteiger partial charge in [-0.1, -0.05) is 0 Å². The van der Waals surface area contributed by atoms with Crippen LogP contribution in [0, 0.1) is 5.92 Å². The molecule has 0 unspecified atom stereocenters. The molecule has 3 atom stereocenters. The zero-order valence-corrected chi connectivity index (χ0v) is 15.5. The van der Waals surface area contributed by atoms with Crippen LogP contribution in [0.4, 0.5) is 13.2 Å². The van der Waals surface area contributed by atoms with Crippen molar-refractivity contribution >= 4 is 23.3 Å². The van der Waals surface area contributed by atoms with Crippen LogP contribution in [0.2, 0.25) is 0 Å². The molecule has 2 rings (SSSR count). The first-order valence-electron chi connectivity index (χ1n) is 7.85. The average molecular weight is 408 g/mol. The molecule has 1 saturated heterocycles. The molecule has 0 saturated carbocycles. The van der Waals surface area contributed by atoms with Crippen molar-refractivity contribution in [1.82, 2.24) is 10.6 Å². The van der Waals surface area contributed by atoms with E-state index in [1.165, 1.54) is 39.3 Å². The van der Waals surface area contributed by atoms with Gasteiger partial charge in [0.25, 0.3) is 5.72 Å². The number of carbonyl (C=O) groups excluding carboxylic acids is 1. The molecule has 0 amide bonds. The second-order valence-electron chi connectivity index (χ2n) is 5.68. The zero-order valence-electron chi connectivity index (χ0n) is 14.7. The van der Waals surface area contributed by atoms with E-state index >= 15 is 0 Å². The van der Waals surface area contributed by atoms with Gasteiger partial charge in [0, 0.05) is 11.6 Å². The van der Waals surface area contributed by atoms with Gasteiger partial charge in [-0.25, -0.2) is 0 Å². The number of aliphatic hydroxyl groups is 1. The smallest absolute Gasteiger partial charge is 0.437 e. The number of alkyl halides is 3. The lowest BCUT2D eigenvalue weighted by atomic mass is 9.81. The fourth-order valence-electron chi connectivity index (χ4n) is 2.87. The Bertz CT molecular complexity index is 730. The molecule has 1 heterocycles. The monoisotopic (exact) mass is 408 g/mol. The van der Waals surface area contributed by atoms with Crippen molar-refractivity contribution in [2.24, 2.45) is 5.92 Å². The number of nitrogens with one attached hydrogen (secondary N) is 2. The highest BCUT2D eigenvalue weighted by Crippen LogP contribution is 2.45. The Morgan fingerprint density at radius 2 is 2.00 bits per heavy atom. The summed E-state index contributed by atoms with van der Waals surface area (Å²) in [6.07, 6.45) is -5.21. The number of benzene rings is 1. The summed E-state index contributed by atoms with van der Waals surface area (Å²) in [6, 6.07) is 2.98. The van der Waals surface area contributed by atoms with Gasteiger partial charge in [0.15, 0.2) is 5.11 Å². The van der Waals surface area contributed by atoms with Gasteiger partial charge >= 0.3 is 12.1 Å². The summed E-state index contributed by atoms with van der Waals surface area (Å²) in [4.78, 5) is 12.4. The Labute approximate surface area is 158 Å². The third kappa shape index (κ3) is 3.88. The van der Waals surface area contributed by atoms with E-state index in [9.17, 15) is 23.1 Å². The lowest BCUT2D eigenvalue weighted by molar-refractivity contribution is -0.292. The van der Waals surface area contributed by atoms with Gasteiger partial charge in [-0.3, -0.25) is 4.79 Å². The summed E-state index contributed by atoms with van der Waals surface area (Å²) < 4.78 is 56.1. The maximum atomic E-state index is 13.7. The van der Waals surface area contributed by atoms with E-state index in [-0.39, 0.29) is 17.9 Å². The first kappa shape index (κ1) is 21.0. The molecule has 7 nitrogen and oxygen atoms in total. The van der Waals surface area contributed by atoms with Crippen molar-refractivity contribution in [3.8, 4) is 11.5 Å². The Morgan fingerprint density at radius 3 is 2.52 bits per heavy atom. The zero-order chi connectivity index (χ0) is 20.4. The topological polar surface area (TPSA) is 89.1 Å². The predicted molar refractivity (Wildman–Crippen MR) is 92.3 cm³/mol. The van der Waals surface area contributed by atoms with Gasteiger partial charge in [0.05, 0.1) is 26.9 Å². The van der Waals surface area contributed by atoms with Gasteiger partial charge in [-0.2, -0.15) is 13.2 Å². The van der Waals surface area contributed by atoms with Gasteiger partial charge in [0.1, 0.15) is 17.4 Å².